The van der Waals surface area contributed by atoms with Gasteiger partial charge in [-0.25, -0.2) is 4.39 Å². The molecule has 1 unspecified atom stereocenters. The first-order valence-corrected chi connectivity index (χ1v) is 6.18. The first-order valence-electron chi connectivity index (χ1n) is 6.18. The predicted octanol–water partition coefficient (Wildman–Crippen LogP) is 2.75. The van der Waals surface area contributed by atoms with Crippen molar-refractivity contribution in [2.75, 3.05) is 13.1 Å². The van der Waals surface area contributed by atoms with Crippen LogP contribution in [-0.4, -0.2) is 29.9 Å². The lowest BCUT2D eigenvalue weighted by atomic mass is 10.00. The zero-order chi connectivity index (χ0) is 12.3. The smallest absolute Gasteiger partial charge is 0.154 e. The summed E-state index contributed by atoms with van der Waals surface area (Å²) in [6, 6.07) is 9.41. The molecule has 1 fully saturated rings. The quantitative estimate of drug-likeness (QED) is 0.799. The van der Waals surface area contributed by atoms with Crippen molar-refractivity contribution in [3.63, 3.8) is 0 Å². The summed E-state index contributed by atoms with van der Waals surface area (Å²) in [6.07, 6.45) is 0.249. The molecule has 1 aliphatic heterocycles. The van der Waals surface area contributed by atoms with Crippen LogP contribution in [0.15, 0.2) is 30.3 Å². The number of rotatable bonds is 4. The maximum atomic E-state index is 13.3. The van der Waals surface area contributed by atoms with Gasteiger partial charge in [0.05, 0.1) is 6.04 Å². The SMILES string of the molecule is CCC(=O)C(c1ccccc1)N1CC[C@H](F)C1. The third kappa shape index (κ3) is 2.72. The Morgan fingerprint density at radius 1 is 1.47 bits per heavy atom. The van der Waals surface area contributed by atoms with Gasteiger partial charge in [0.25, 0.3) is 0 Å². The highest BCUT2D eigenvalue weighted by Gasteiger charge is 2.32. The van der Waals surface area contributed by atoms with E-state index in [1.54, 1.807) is 0 Å². The van der Waals surface area contributed by atoms with Crippen LogP contribution >= 0.6 is 0 Å². The van der Waals surface area contributed by atoms with E-state index in [4.69, 9.17) is 0 Å². The largest absolute Gasteiger partial charge is 0.298 e. The molecule has 0 aliphatic carbocycles. The molecule has 3 heteroatoms. The van der Waals surface area contributed by atoms with E-state index in [-0.39, 0.29) is 11.8 Å². The van der Waals surface area contributed by atoms with Gasteiger partial charge in [-0.1, -0.05) is 37.3 Å². The summed E-state index contributed by atoms with van der Waals surface area (Å²) in [5, 5.41) is 0. The average Bonchev–Trinajstić information content (AvgIpc) is 2.77. The standard InChI is InChI=1S/C14H18FNO/c1-2-13(17)14(11-6-4-3-5-7-11)16-9-8-12(15)10-16/h3-7,12,14H,2,8-10H2,1H3/t12-,14?/m0/s1. The predicted molar refractivity (Wildman–Crippen MR) is 65.6 cm³/mol. The van der Waals surface area contributed by atoms with E-state index in [9.17, 15) is 9.18 Å². The molecule has 1 heterocycles. The number of hydrogen-bond donors (Lipinski definition) is 0. The minimum Gasteiger partial charge on any atom is -0.298 e. The molecule has 1 aliphatic rings. The molecular weight excluding hydrogens is 217 g/mol. The Morgan fingerprint density at radius 3 is 2.71 bits per heavy atom. The van der Waals surface area contributed by atoms with Gasteiger partial charge in [0.15, 0.2) is 5.78 Å². The van der Waals surface area contributed by atoms with E-state index >= 15 is 0 Å². The topological polar surface area (TPSA) is 20.3 Å². The van der Waals surface area contributed by atoms with Crippen LogP contribution in [-0.2, 0) is 4.79 Å². The van der Waals surface area contributed by atoms with Crippen LogP contribution in [0.2, 0.25) is 0 Å². The minimum atomic E-state index is -0.786. The second kappa shape index (κ2) is 5.41. The number of Topliss-reactive ketones (excluding diaryl/α,β-unsaturated/α-hetero) is 1. The maximum Gasteiger partial charge on any atom is 0.154 e. The number of carbonyl (C=O) groups excluding carboxylic acids is 1. The number of carbonyl (C=O) groups is 1. The van der Waals surface area contributed by atoms with E-state index in [1.807, 2.05) is 42.2 Å². The maximum absolute atomic E-state index is 13.3. The molecule has 0 amide bonds. The van der Waals surface area contributed by atoms with Gasteiger partial charge in [-0.2, -0.15) is 0 Å². The molecule has 0 radical (unpaired) electrons. The fourth-order valence-electron chi connectivity index (χ4n) is 2.41. The molecule has 2 nitrogen and oxygen atoms in total. The number of likely N-dealkylation sites (tertiary alicyclic amines) is 1. The number of ketones is 1. The third-order valence-corrected chi connectivity index (χ3v) is 3.30. The second-order valence-electron chi connectivity index (χ2n) is 4.51. The van der Waals surface area contributed by atoms with E-state index < -0.39 is 6.17 Å². The summed E-state index contributed by atoms with van der Waals surface area (Å²) in [5.74, 6) is 0.172. The van der Waals surface area contributed by atoms with Gasteiger partial charge >= 0.3 is 0 Å². The van der Waals surface area contributed by atoms with Crippen LogP contribution < -0.4 is 0 Å². The van der Waals surface area contributed by atoms with Gasteiger partial charge in [-0.3, -0.25) is 9.69 Å². The van der Waals surface area contributed by atoms with Crippen molar-refractivity contribution < 1.29 is 9.18 Å². The Balaban J connectivity index is 2.23. The molecule has 0 N–H and O–H groups in total. The lowest BCUT2D eigenvalue weighted by molar-refractivity contribution is -0.123. The molecule has 0 spiro atoms. The number of halogens is 1. The van der Waals surface area contributed by atoms with Crippen molar-refractivity contribution in [1.29, 1.82) is 0 Å². The van der Waals surface area contributed by atoms with E-state index in [2.05, 4.69) is 0 Å². The molecule has 92 valence electrons. The first kappa shape index (κ1) is 12.2. The number of nitrogens with zero attached hydrogens (tertiary/aromatic N) is 1. The summed E-state index contributed by atoms with van der Waals surface area (Å²) >= 11 is 0. The summed E-state index contributed by atoms with van der Waals surface area (Å²) in [4.78, 5) is 14.0. The van der Waals surface area contributed by atoms with Gasteiger partial charge < -0.3 is 0 Å². The van der Waals surface area contributed by atoms with Gasteiger partial charge in [0.2, 0.25) is 0 Å². The van der Waals surface area contributed by atoms with Crippen LogP contribution in [0.25, 0.3) is 0 Å². The number of hydrogen-bond acceptors (Lipinski definition) is 2. The summed E-state index contributed by atoms with van der Waals surface area (Å²) in [6.45, 7) is 2.92. The van der Waals surface area contributed by atoms with Crippen molar-refractivity contribution >= 4 is 5.78 Å². The fraction of sp³-hybridized carbons (Fsp3) is 0.500. The molecule has 17 heavy (non-hydrogen) atoms. The van der Waals surface area contributed by atoms with E-state index in [1.165, 1.54) is 0 Å². The molecule has 0 aromatic heterocycles. The van der Waals surface area contributed by atoms with Crippen LogP contribution in [0.3, 0.4) is 0 Å². The van der Waals surface area contributed by atoms with Crippen molar-refractivity contribution in [3.05, 3.63) is 35.9 Å². The van der Waals surface area contributed by atoms with E-state index in [0.717, 1.165) is 5.56 Å². The normalized spacial score (nSPS) is 22.6. The Hall–Kier alpha value is -1.22. The van der Waals surface area contributed by atoms with Gasteiger partial charge in [-0.05, 0) is 12.0 Å². The molecule has 1 aromatic rings. The number of alkyl halides is 1. The van der Waals surface area contributed by atoms with E-state index in [0.29, 0.717) is 25.9 Å². The average molecular weight is 235 g/mol. The Kier molecular flexibility index (Phi) is 3.89. The summed E-state index contributed by atoms with van der Waals surface area (Å²) < 4.78 is 13.3. The molecular formula is C14H18FNO. The van der Waals surface area contributed by atoms with Crippen LogP contribution in [0.1, 0.15) is 31.4 Å². The van der Waals surface area contributed by atoms with Crippen LogP contribution in [0, 0.1) is 0 Å². The zero-order valence-electron chi connectivity index (χ0n) is 10.1. The molecule has 2 atom stereocenters. The van der Waals surface area contributed by atoms with Crippen molar-refractivity contribution in [3.8, 4) is 0 Å². The van der Waals surface area contributed by atoms with Crippen molar-refractivity contribution in [1.82, 2.24) is 4.90 Å². The zero-order valence-corrected chi connectivity index (χ0v) is 10.1. The highest BCUT2D eigenvalue weighted by atomic mass is 19.1. The molecule has 2 rings (SSSR count). The molecule has 1 saturated heterocycles. The Bertz CT molecular complexity index is 379. The lowest BCUT2D eigenvalue weighted by Crippen LogP contribution is -2.32. The molecule has 0 bridgehead atoms. The Labute approximate surface area is 101 Å². The third-order valence-electron chi connectivity index (χ3n) is 3.30. The summed E-state index contributed by atoms with van der Waals surface area (Å²) in [5.41, 5.74) is 0.980. The fourth-order valence-corrected chi connectivity index (χ4v) is 2.41. The van der Waals surface area contributed by atoms with Crippen LogP contribution in [0.4, 0.5) is 4.39 Å². The second-order valence-corrected chi connectivity index (χ2v) is 4.51. The van der Waals surface area contributed by atoms with Gasteiger partial charge in [0, 0.05) is 19.5 Å². The molecule has 1 aromatic carbocycles. The summed E-state index contributed by atoms with van der Waals surface area (Å²) in [7, 11) is 0. The monoisotopic (exact) mass is 235 g/mol. The lowest BCUT2D eigenvalue weighted by Gasteiger charge is -2.26. The molecule has 0 saturated carbocycles. The first-order chi connectivity index (χ1) is 8.22. The highest BCUT2D eigenvalue weighted by molar-refractivity contribution is 5.85. The minimum absolute atomic E-state index is 0.172. The Morgan fingerprint density at radius 2 is 2.18 bits per heavy atom. The van der Waals surface area contributed by atoms with Crippen molar-refractivity contribution in [2.24, 2.45) is 0 Å². The highest BCUT2D eigenvalue weighted by Crippen LogP contribution is 2.27. The van der Waals surface area contributed by atoms with Crippen LogP contribution in [0.5, 0.6) is 0 Å². The van der Waals surface area contributed by atoms with Gasteiger partial charge in [0.1, 0.15) is 6.17 Å². The van der Waals surface area contributed by atoms with Gasteiger partial charge in [-0.15, -0.1) is 0 Å². The number of benzene rings is 1. The van der Waals surface area contributed by atoms with Crippen molar-refractivity contribution in [2.45, 2.75) is 32.0 Å².